The molecule has 17 rings (SSSR count). The minimum atomic E-state index is -0.870. The highest BCUT2D eigenvalue weighted by molar-refractivity contribution is 8.24. The highest BCUT2D eigenvalue weighted by Crippen LogP contribution is 2.82. The highest BCUT2D eigenvalue weighted by Gasteiger charge is 2.76. The molecule has 0 aromatic carbocycles. The monoisotopic (exact) mass is 1710 g/mol. The average Bonchev–Trinajstić information content (AvgIpc) is 1.12. The third-order valence-electron chi connectivity index (χ3n) is 44.3. The van der Waals surface area contributed by atoms with E-state index in [1.165, 1.54) is 158 Å². The predicted octanol–water partition coefficient (Wildman–Crippen LogP) is 23.7. The van der Waals surface area contributed by atoms with Gasteiger partial charge in [0.1, 0.15) is 6.29 Å². The van der Waals surface area contributed by atoms with Gasteiger partial charge in [-0.15, -0.1) is 0 Å². The van der Waals surface area contributed by atoms with Gasteiger partial charge in [-0.2, -0.15) is 0 Å². The molecule has 0 aromatic rings. The van der Waals surface area contributed by atoms with Gasteiger partial charge in [0.05, 0.1) is 53.7 Å². The number of aldehydes is 1. The van der Waals surface area contributed by atoms with Gasteiger partial charge in [0.2, 0.25) is 0 Å². The lowest BCUT2D eigenvalue weighted by Crippen LogP contribution is -2.67. The van der Waals surface area contributed by atoms with Crippen LogP contribution in [-0.4, -0.2) is 117 Å². The summed E-state index contributed by atoms with van der Waals surface area (Å²) < 4.78 is 38.3. The van der Waals surface area contributed by atoms with Crippen molar-refractivity contribution >= 4 is 40.0 Å². The van der Waals surface area contributed by atoms with E-state index < -0.39 is 24.6 Å². The first kappa shape index (κ1) is 94.1. The van der Waals surface area contributed by atoms with E-state index in [0.29, 0.717) is 93.4 Å². The zero-order valence-corrected chi connectivity index (χ0v) is 81.5. The van der Waals surface area contributed by atoms with E-state index in [4.69, 9.17) is 30.1 Å². The fourth-order valence-corrected chi connectivity index (χ4v) is 37.4. The maximum absolute atomic E-state index is 12.6. The van der Waals surface area contributed by atoms with E-state index in [9.17, 15) is 30.0 Å². The number of allylic oxidation sites excluding steroid dienone is 3. The summed E-state index contributed by atoms with van der Waals surface area (Å²) in [5.74, 6) is 8.89. The number of aliphatic hydroxyl groups is 5. The highest BCUT2D eigenvalue weighted by atomic mass is 32.6. The number of esters is 1. The van der Waals surface area contributed by atoms with Crippen LogP contribution in [0.3, 0.4) is 0 Å². The summed E-state index contributed by atoms with van der Waals surface area (Å²) in [6.07, 6.45) is 44.8. The lowest BCUT2D eigenvalue weighted by molar-refractivity contribution is -0.292. The largest absolute Gasteiger partial charge is 0.465 e. The van der Waals surface area contributed by atoms with Crippen LogP contribution in [0.25, 0.3) is 0 Å². The Labute approximate surface area is 735 Å². The number of hydrogen-bond acceptors (Lipinski definition) is 13. The molecule has 2 saturated heterocycles. The van der Waals surface area contributed by atoms with Crippen LogP contribution in [0.5, 0.6) is 0 Å². The van der Waals surface area contributed by atoms with Crippen molar-refractivity contribution in [3.8, 4) is 0 Å². The Morgan fingerprint density at radius 3 is 1.26 bits per heavy atom. The molecule has 15 aliphatic carbocycles. The standard InChI is InChI=1S/C41H68O4.C32H52O4.C30H48O3.CH4O.H2P2S/c1-8-41-22-17-29(28(2)3)36(41)30-15-16-32-37(4)20-19-33(45-35-14-10-12-26-43-35)38(5,27-44-34-13-9-11-25-42-34)31(37)18-21-40(32,7)39(30,6)23-24-41;1-20(2)22-10-15-32(19-36-21(3)34)17-16-30(6)23(27(22)32)8-9-25-28(4)13-12-26(35)29(5,18-33)24(28)11-14-31(25,30)7;1-19(2)20-9-14-30(18-32)16-15-28(5)21(25(20)30)7-8-23-26(3)12-11-24(33)27(4,17-31)22(26)10-13-29(23,28)6;1-2;1-2-3/h29-36H,2,8-27H2,1,3-7H3;22-27,33,35H,1,8-19H2,2-7H3;18,20-25,31,33H,1,7-17H2,2-6H3;2H,1H3;1H2/p+1/t29-,30+,31+,32+,33-,34?,35?,36+,37-,38-,39+,40+,41+;22-,23+,24+,25+,26-,27+,28-,29-,30+,31+,32+;20-,21+,22+,23+,24-,25+,26-,27-,28+,29+,30+;;/m000../s1/i/hT. The number of rotatable bonds is 14. The summed E-state index contributed by atoms with van der Waals surface area (Å²) in [6, 6.07) is 0. The number of carbonyl (C=O) groups is 2. The molecule has 17 aliphatic rings. The minimum Gasteiger partial charge on any atom is -0.465 e. The third-order valence-corrected chi connectivity index (χ3v) is 44.3. The number of aliphatic hydroxyl groups excluding tert-OH is 5. The lowest BCUT2D eigenvalue weighted by Gasteiger charge is -2.73. The van der Waals surface area contributed by atoms with Crippen LogP contribution in [0.15, 0.2) is 36.5 Å². The van der Waals surface area contributed by atoms with Crippen molar-refractivity contribution in [3.63, 3.8) is 0 Å². The fourth-order valence-electron chi connectivity index (χ4n) is 37.4. The Morgan fingerprint density at radius 2 is 0.849 bits per heavy atom. The molecule has 2 heterocycles. The predicted molar refractivity (Wildman–Crippen MR) is 491 cm³/mol. The molecule has 0 amide bonds. The summed E-state index contributed by atoms with van der Waals surface area (Å²) in [6.45, 7) is 57.2. The molecular formula is C104H175O12P2S+. The minimum absolute atomic E-state index is 0.0336. The molecule has 119 heavy (non-hydrogen) atoms. The zero-order valence-electron chi connectivity index (χ0n) is 79.7. The first-order valence-electron chi connectivity index (χ1n) is 49.7. The second kappa shape index (κ2) is 35.3. The summed E-state index contributed by atoms with van der Waals surface area (Å²) >= 11 is 4.31. The Morgan fingerprint density at radius 1 is 0.462 bits per heavy atom. The molecule has 0 radical (unpaired) electrons. The summed E-state index contributed by atoms with van der Waals surface area (Å²) in [5.41, 5.74) is 6.22. The number of ether oxygens (including phenoxy) is 5. The van der Waals surface area contributed by atoms with Crippen molar-refractivity contribution in [1.29, 1.82) is 1.28 Å². The topological polar surface area (TPSA) is 181 Å². The SMILES string of the molecule is C=C(C)[C@@H]1CC[C@]2(C=O)CC[C@]3(C)[C@H](CC[C@@H]4[C@@]5(C)CC[C@H](O)[C@@](C)(CO)[C@@H]5CC[C@]43C)[C@@H]12.C=C(C)[C@@H]1CC[C@]2(CC)CC[C@]3(C)[C@H](CC[C@@H]4[C@@]5(C)CC[C@H](OC6CCCCO6)[C@@](C)(COC6CCCCO6)[C@@H]5CC[C@]43C)[C@@H]12.C=C(C)[C@@H]1CC[C@]2(COC(C)=O)CC[C@]3(C)[C@H](CC[C@@H]4[C@@]5(C)CC[C@H](O)[C@@](C)(CO)[C@@H]5CC[C@]43C)[C@@H]12.CO.[3H][P+](P)=S. The van der Waals surface area contributed by atoms with E-state index >= 15 is 0 Å². The van der Waals surface area contributed by atoms with E-state index in [0.717, 1.165) is 153 Å². The zero-order chi connectivity index (χ0) is 87.6. The van der Waals surface area contributed by atoms with Crippen molar-refractivity contribution in [3.05, 3.63) is 36.5 Å². The van der Waals surface area contributed by atoms with Crippen molar-refractivity contribution in [2.75, 3.05) is 46.8 Å². The van der Waals surface area contributed by atoms with Crippen LogP contribution in [0.1, 0.15) is 355 Å². The van der Waals surface area contributed by atoms with Crippen LogP contribution < -0.4 is 0 Å². The van der Waals surface area contributed by atoms with Gasteiger partial charge in [-0.05, 0) is 395 Å². The lowest BCUT2D eigenvalue weighted by atomic mass is 9.32. The first-order valence-corrected chi connectivity index (χ1v) is 52.8. The van der Waals surface area contributed by atoms with Crippen molar-refractivity contribution in [1.82, 2.24) is 0 Å². The van der Waals surface area contributed by atoms with Crippen LogP contribution in [0.2, 0.25) is 0 Å². The Kier molecular flexibility index (Phi) is 27.9. The van der Waals surface area contributed by atoms with E-state index in [1.807, 2.05) is 0 Å². The Balaban J connectivity index is 0.000000152. The third kappa shape index (κ3) is 14.9. The number of hydrogen-bond donors (Lipinski definition) is 5. The Hall–Kier alpha value is -1.05. The van der Waals surface area contributed by atoms with Gasteiger partial charge in [0.15, 0.2) is 31.4 Å². The second-order valence-electron chi connectivity index (χ2n) is 47.9. The molecule has 17 fully saturated rings. The van der Waals surface area contributed by atoms with Gasteiger partial charge >= 0.3 is 7.25 Å². The first-order chi connectivity index (χ1) is 56.5. The summed E-state index contributed by atoms with van der Waals surface area (Å²) in [7, 11) is 3.20. The molecule has 4 unspecified atom stereocenters. The molecule has 15 heteroatoms. The average molecular weight is 1710 g/mol. The smallest absolute Gasteiger partial charge is 0.355 e. The quantitative estimate of drug-likeness (QED) is 0.0365. The summed E-state index contributed by atoms with van der Waals surface area (Å²) in [4.78, 5) is 24.4. The molecule has 0 bridgehead atoms. The molecule has 15 saturated carbocycles. The van der Waals surface area contributed by atoms with Crippen molar-refractivity contribution in [2.45, 2.75) is 386 Å². The van der Waals surface area contributed by atoms with Crippen LogP contribution >= 0.6 is 15.9 Å². The van der Waals surface area contributed by atoms with Gasteiger partial charge in [-0.25, -0.2) is 0 Å². The van der Waals surface area contributed by atoms with Gasteiger partial charge in [0, 0.05) is 54.3 Å². The maximum Gasteiger partial charge on any atom is 0.355 e. The van der Waals surface area contributed by atoms with E-state index in [1.54, 1.807) is 6.92 Å². The van der Waals surface area contributed by atoms with Crippen molar-refractivity contribution in [2.24, 2.45) is 170 Å². The van der Waals surface area contributed by atoms with E-state index in [-0.39, 0.29) is 92.0 Å². The van der Waals surface area contributed by atoms with Gasteiger partial charge in [0.25, 0.3) is 0 Å². The fraction of sp³-hybridized carbons (Fsp3) is 0.923. The molecule has 678 valence electrons. The van der Waals surface area contributed by atoms with Gasteiger partial charge < -0.3 is 54.0 Å². The molecule has 0 aromatic heterocycles. The molecule has 37 atom stereocenters. The van der Waals surface area contributed by atoms with Gasteiger partial charge in [-0.3, -0.25) is 4.79 Å². The molecular weight excluding hydrogens is 1540 g/mol. The molecule has 2 aliphatic heterocycles. The molecule has 5 N–H and O–H groups in total. The second-order valence-corrected chi connectivity index (χ2v) is 50.6. The molecule has 0 spiro atoms. The summed E-state index contributed by atoms with van der Waals surface area (Å²) in [5, 5.41) is 49.8. The van der Waals surface area contributed by atoms with Gasteiger partial charge in [-0.1, -0.05) is 133 Å². The normalized spacial score (nSPS) is 52.9. The molecule has 12 nitrogen and oxygen atoms in total. The Bertz CT molecular complexity index is 3680. The van der Waals surface area contributed by atoms with Crippen LogP contribution in [0, 0.1) is 170 Å². The maximum atomic E-state index is 12.6. The van der Waals surface area contributed by atoms with Crippen LogP contribution in [-0.2, 0) is 45.1 Å². The van der Waals surface area contributed by atoms with Crippen molar-refractivity contribution < 1.29 is 58.8 Å². The number of fused-ring (bicyclic) bond motifs is 21. The van der Waals surface area contributed by atoms with E-state index in [2.05, 4.69) is 151 Å². The van der Waals surface area contributed by atoms with Crippen LogP contribution in [0.4, 0.5) is 0 Å². The number of carbonyl (C=O) groups excluding carboxylic acids is 2.